The molecule has 112 valence electrons. The molecule has 2 N–H and O–H groups in total. The Morgan fingerprint density at radius 1 is 1.05 bits per heavy atom. The van der Waals surface area contributed by atoms with Gasteiger partial charge in [-0.3, -0.25) is 4.98 Å². The van der Waals surface area contributed by atoms with Gasteiger partial charge in [0.2, 0.25) is 0 Å². The maximum atomic E-state index is 6.56. The average Bonchev–Trinajstić information content (AvgIpc) is 2.54. The van der Waals surface area contributed by atoms with Crippen LogP contribution in [-0.4, -0.2) is 4.98 Å². The van der Waals surface area contributed by atoms with E-state index in [1.807, 2.05) is 12.3 Å². The Hall–Kier alpha value is -1.41. The average molecular weight is 282 g/mol. The summed E-state index contributed by atoms with van der Waals surface area (Å²) in [6, 6.07) is 10.8. The van der Waals surface area contributed by atoms with Gasteiger partial charge in [-0.2, -0.15) is 0 Å². The van der Waals surface area contributed by atoms with Crippen LogP contribution in [0.2, 0.25) is 0 Å². The number of hydrogen-bond donors (Lipinski definition) is 1. The van der Waals surface area contributed by atoms with Gasteiger partial charge in [-0.05, 0) is 67.2 Å². The molecule has 1 unspecified atom stereocenters. The number of benzene rings is 1. The summed E-state index contributed by atoms with van der Waals surface area (Å²) >= 11 is 0. The molecule has 0 saturated heterocycles. The normalized spacial score (nSPS) is 24.4. The Balaban J connectivity index is 1.73. The van der Waals surface area contributed by atoms with E-state index >= 15 is 0 Å². The van der Waals surface area contributed by atoms with Crippen molar-refractivity contribution in [2.75, 3.05) is 0 Å². The fraction of sp³-hybridized carbons (Fsp3) is 0.526. The highest BCUT2D eigenvalue weighted by Gasteiger charge is 2.27. The van der Waals surface area contributed by atoms with Gasteiger partial charge in [-0.15, -0.1) is 0 Å². The smallest absolute Gasteiger partial charge is 0.0702 e. The van der Waals surface area contributed by atoms with Crippen molar-refractivity contribution in [3.05, 3.63) is 42.1 Å². The van der Waals surface area contributed by atoms with E-state index in [-0.39, 0.29) is 6.04 Å². The minimum atomic E-state index is 0.169. The molecule has 0 bridgehead atoms. The standard InChI is InChI=1S/C19H26N2/c1-13(2)14-5-7-15(8-6-14)19(20)17-9-10-18-16(12-17)4-3-11-21-18/h3-4,9-15,19H,5-8,20H2,1-2H3. The van der Waals surface area contributed by atoms with Crippen molar-refractivity contribution in [3.63, 3.8) is 0 Å². The molecule has 3 rings (SSSR count). The minimum absolute atomic E-state index is 0.169. The largest absolute Gasteiger partial charge is 0.324 e. The van der Waals surface area contributed by atoms with Crippen LogP contribution in [0.1, 0.15) is 51.1 Å². The van der Waals surface area contributed by atoms with Gasteiger partial charge in [-0.1, -0.05) is 26.0 Å². The SMILES string of the molecule is CC(C)C1CCC(C(N)c2ccc3ncccc3c2)CC1. The van der Waals surface area contributed by atoms with Crippen LogP contribution in [0.15, 0.2) is 36.5 Å². The van der Waals surface area contributed by atoms with Crippen molar-refractivity contribution in [3.8, 4) is 0 Å². The number of hydrogen-bond acceptors (Lipinski definition) is 2. The second-order valence-corrected chi connectivity index (χ2v) is 6.90. The summed E-state index contributed by atoms with van der Waals surface area (Å²) in [6.07, 6.45) is 7.07. The Labute approximate surface area is 127 Å². The molecule has 2 heteroatoms. The van der Waals surface area contributed by atoms with Crippen molar-refractivity contribution >= 4 is 10.9 Å². The summed E-state index contributed by atoms with van der Waals surface area (Å²) < 4.78 is 0. The molecular weight excluding hydrogens is 256 g/mol. The highest BCUT2D eigenvalue weighted by atomic mass is 14.7. The van der Waals surface area contributed by atoms with Crippen LogP contribution in [0.25, 0.3) is 10.9 Å². The molecule has 2 nitrogen and oxygen atoms in total. The lowest BCUT2D eigenvalue weighted by Gasteiger charge is -2.34. The predicted molar refractivity (Wildman–Crippen MR) is 89.0 cm³/mol. The van der Waals surface area contributed by atoms with Crippen LogP contribution >= 0.6 is 0 Å². The van der Waals surface area contributed by atoms with Crippen molar-refractivity contribution in [1.82, 2.24) is 4.98 Å². The molecule has 21 heavy (non-hydrogen) atoms. The number of fused-ring (bicyclic) bond motifs is 1. The number of aromatic nitrogens is 1. The van der Waals surface area contributed by atoms with Crippen molar-refractivity contribution in [2.24, 2.45) is 23.5 Å². The summed E-state index contributed by atoms with van der Waals surface area (Å²) in [7, 11) is 0. The third-order valence-electron chi connectivity index (χ3n) is 5.28. The van der Waals surface area contributed by atoms with Gasteiger partial charge >= 0.3 is 0 Å². The Kier molecular flexibility index (Phi) is 4.25. The zero-order chi connectivity index (χ0) is 14.8. The zero-order valence-corrected chi connectivity index (χ0v) is 13.1. The van der Waals surface area contributed by atoms with Gasteiger partial charge < -0.3 is 5.73 Å². The molecule has 1 aromatic heterocycles. The first-order valence-electron chi connectivity index (χ1n) is 8.25. The lowest BCUT2D eigenvalue weighted by atomic mass is 9.73. The fourth-order valence-corrected chi connectivity index (χ4v) is 3.74. The topological polar surface area (TPSA) is 38.9 Å². The number of rotatable bonds is 3. The number of nitrogens with two attached hydrogens (primary N) is 1. The summed E-state index contributed by atoms with van der Waals surface area (Å²) in [5, 5.41) is 1.20. The van der Waals surface area contributed by atoms with Gasteiger partial charge in [0.15, 0.2) is 0 Å². The maximum Gasteiger partial charge on any atom is 0.0702 e. The summed E-state index contributed by atoms with van der Waals surface area (Å²) in [4.78, 5) is 4.38. The molecule has 2 aromatic rings. The van der Waals surface area contributed by atoms with E-state index in [2.05, 4.69) is 43.1 Å². The van der Waals surface area contributed by atoms with Crippen LogP contribution in [-0.2, 0) is 0 Å². The van der Waals surface area contributed by atoms with E-state index in [4.69, 9.17) is 5.73 Å². The molecule has 1 fully saturated rings. The summed E-state index contributed by atoms with van der Waals surface area (Å²) in [6.45, 7) is 4.70. The number of nitrogens with zero attached hydrogens (tertiary/aromatic N) is 1. The van der Waals surface area contributed by atoms with E-state index in [9.17, 15) is 0 Å². The molecule has 1 aliphatic rings. The van der Waals surface area contributed by atoms with Crippen LogP contribution < -0.4 is 5.73 Å². The van der Waals surface area contributed by atoms with E-state index in [0.29, 0.717) is 5.92 Å². The lowest BCUT2D eigenvalue weighted by Crippen LogP contribution is -2.27. The molecule has 1 aromatic carbocycles. The van der Waals surface area contributed by atoms with Crippen LogP contribution in [0, 0.1) is 17.8 Å². The maximum absolute atomic E-state index is 6.56. The highest BCUT2D eigenvalue weighted by molar-refractivity contribution is 5.79. The Morgan fingerprint density at radius 3 is 2.48 bits per heavy atom. The van der Waals surface area contributed by atoms with Gasteiger partial charge in [0.1, 0.15) is 0 Å². The third-order valence-corrected chi connectivity index (χ3v) is 5.28. The number of pyridine rings is 1. The summed E-state index contributed by atoms with van der Waals surface area (Å²) in [5.41, 5.74) is 8.88. The van der Waals surface area contributed by atoms with E-state index in [0.717, 1.165) is 17.4 Å². The molecular formula is C19H26N2. The fourth-order valence-electron chi connectivity index (χ4n) is 3.74. The molecule has 1 atom stereocenters. The third kappa shape index (κ3) is 3.11. The minimum Gasteiger partial charge on any atom is -0.324 e. The molecule has 0 spiro atoms. The van der Waals surface area contributed by atoms with Gasteiger partial charge in [0.25, 0.3) is 0 Å². The van der Waals surface area contributed by atoms with Crippen LogP contribution in [0.5, 0.6) is 0 Å². The molecule has 0 amide bonds. The first-order valence-corrected chi connectivity index (χ1v) is 8.25. The van der Waals surface area contributed by atoms with Crippen LogP contribution in [0.4, 0.5) is 0 Å². The van der Waals surface area contributed by atoms with Gasteiger partial charge in [-0.25, -0.2) is 0 Å². The summed E-state index contributed by atoms with van der Waals surface area (Å²) in [5.74, 6) is 2.34. The van der Waals surface area contributed by atoms with Crippen LogP contribution in [0.3, 0.4) is 0 Å². The van der Waals surface area contributed by atoms with E-state index < -0.39 is 0 Å². The van der Waals surface area contributed by atoms with Crippen molar-refractivity contribution < 1.29 is 0 Å². The molecule has 0 radical (unpaired) electrons. The first-order chi connectivity index (χ1) is 10.1. The molecule has 1 aliphatic carbocycles. The Morgan fingerprint density at radius 2 is 1.76 bits per heavy atom. The quantitative estimate of drug-likeness (QED) is 0.886. The van der Waals surface area contributed by atoms with Gasteiger partial charge in [0, 0.05) is 17.6 Å². The van der Waals surface area contributed by atoms with E-state index in [1.165, 1.54) is 36.6 Å². The monoisotopic (exact) mass is 282 g/mol. The van der Waals surface area contributed by atoms with E-state index in [1.54, 1.807) is 0 Å². The van der Waals surface area contributed by atoms with Crippen molar-refractivity contribution in [2.45, 2.75) is 45.6 Å². The zero-order valence-electron chi connectivity index (χ0n) is 13.1. The second-order valence-electron chi connectivity index (χ2n) is 6.90. The lowest BCUT2D eigenvalue weighted by molar-refractivity contribution is 0.204. The predicted octanol–water partition coefficient (Wildman–Crippen LogP) is 4.70. The first kappa shape index (κ1) is 14.5. The molecule has 1 saturated carbocycles. The highest BCUT2D eigenvalue weighted by Crippen LogP contribution is 2.38. The van der Waals surface area contributed by atoms with Crippen molar-refractivity contribution in [1.29, 1.82) is 0 Å². The molecule has 1 heterocycles. The Bertz CT molecular complexity index is 597. The second kappa shape index (κ2) is 6.15. The van der Waals surface area contributed by atoms with Gasteiger partial charge in [0.05, 0.1) is 5.52 Å². The molecule has 0 aliphatic heterocycles.